The molecule has 23 heavy (non-hydrogen) atoms. The standard InChI is InChI=1S/C21H42N2/c1-19(2)11-9-12-20(3)13-17-23(8)16-10-14-21(4,5)15-18-22(6)7/h11,13H,9-10,12,14-18H2,1-8H3/b20-13+. The summed E-state index contributed by atoms with van der Waals surface area (Å²) in [6, 6.07) is 0. The lowest BCUT2D eigenvalue weighted by Gasteiger charge is -2.27. The molecule has 2 nitrogen and oxygen atoms in total. The van der Waals surface area contributed by atoms with Gasteiger partial charge in [0.15, 0.2) is 0 Å². The molecule has 0 N–H and O–H groups in total. The van der Waals surface area contributed by atoms with Gasteiger partial charge in [-0.2, -0.15) is 0 Å². The highest BCUT2D eigenvalue weighted by molar-refractivity contribution is 5.02. The van der Waals surface area contributed by atoms with Crippen molar-refractivity contribution in [2.45, 2.75) is 66.7 Å². The second-order valence-electron chi connectivity index (χ2n) is 8.45. The van der Waals surface area contributed by atoms with Crippen molar-refractivity contribution in [2.24, 2.45) is 5.41 Å². The zero-order valence-electron chi connectivity index (χ0n) is 17.2. The summed E-state index contributed by atoms with van der Waals surface area (Å²) in [4.78, 5) is 4.74. The molecule has 0 unspecified atom stereocenters. The molecular weight excluding hydrogens is 280 g/mol. The first-order valence-electron chi connectivity index (χ1n) is 9.24. The highest BCUT2D eigenvalue weighted by Crippen LogP contribution is 2.26. The average molecular weight is 323 g/mol. The summed E-state index contributed by atoms with van der Waals surface area (Å²) >= 11 is 0. The molecule has 0 aromatic rings. The number of rotatable bonds is 12. The molecule has 0 fully saturated rings. The molecule has 0 aliphatic heterocycles. The maximum atomic E-state index is 2.45. The minimum absolute atomic E-state index is 0.460. The number of hydrogen-bond donors (Lipinski definition) is 0. The van der Waals surface area contributed by atoms with E-state index in [1.165, 1.54) is 56.3 Å². The molecule has 136 valence electrons. The van der Waals surface area contributed by atoms with Gasteiger partial charge in [0.1, 0.15) is 0 Å². The van der Waals surface area contributed by atoms with Crippen LogP contribution in [0.4, 0.5) is 0 Å². The van der Waals surface area contributed by atoms with Crippen molar-refractivity contribution in [2.75, 3.05) is 40.8 Å². The molecule has 0 bridgehead atoms. The largest absolute Gasteiger partial charge is 0.309 e. The summed E-state index contributed by atoms with van der Waals surface area (Å²) in [5.41, 5.74) is 3.40. The van der Waals surface area contributed by atoms with Crippen molar-refractivity contribution < 1.29 is 0 Å². The minimum Gasteiger partial charge on any atom is -0.309 e. The van der Waals surface area contributed by atoms with Crippen LogP contribution in [0.1, 0.15) is 66.7 Å². The van der Waals surface area contributed by atoms with Gasteiger partial charge in [0.05, 0.1) is 0 Å². The Morgan fingerprint density at radius 3 is 2.13 bits per heavy atom. The van der Waals surface area contributed by atoms with Crippen molar-refractivity contribution in [3.05, 3.63) is 23.3 Å². The zero-order chi connectivity index (χ0) is 17.9. The van der Waals surface area contributed by atoms with E-state index in [-0.39, 0.29) is 0 Å². The SMILES string of the molecule is CC(C)=CCC/C(C)=C/CN(C)CCCC(C)(C)CCN(C)C. The number of likely N-dealkylation sites (N-methyl/N-ethyl adjacent to an activating group) is 1. The summed E-state index contributed by atoms with van der Waals surface area (Å²) < 4.78 is 0. The topological polar surface area (TPSA) is 6.48 Å². The summed E-state index contributed by atoms with van der Waals surface area (Å²) in [6.45, 7) is 14.9. The molecule has 0 aliphatic rings. The molecule has 0 radical (unpaired) electrons. The lowest BCUT2D eigenvalue weighted by molar-refractivity contribution is 0.238. The molecule has 0 rings (SSSR count). The van der Waals surface area contributed by atoms with Gasteiger partial charge in [0, 0.05) is 6.54 Å². The van der Waals surface area contributed by atoms with E-state index in [9.17, 15) is 0 Å². The molecule has 0 aromatic carbocycles. The molecule has 0 spiro atoms. The third-order valence-corrected chi connectivity index (χ3v) is 4.47. The minimum atomic E-state index is 0.460. The Kier molecular flexibility index (Phi) is 11.6. The van der Waals surface area contributed by atoms with Crippen molar-refractivity contribution in [3.63, 3.8) is 0 Å². The van der Waals surface area contributed by atoms with E-state index in [1.807, 2.05) is 0 Å². The van der Waals surface area contributed by atoms with Crippen LogP contribution < -0.4 is 0 Å². The van der Waals surface area contributed by atoms with Crippen LogP contribution in [0.5, 0.6) is 0 Å². The van der Waals surface area contributed by atoms with Crippen LogP contribution in [-0.4, -0.2) is 50.6 Å². The van der Waals surface area contributed by atoms with Crippen LogP contribution >= 0.6 is 0 Å². The Morgan fingerprint density at radius 1 is 0.913 bits per heavy atom. The number of allylic oxidation sites excluding steroid dienone is 3. The molecule has 0 atom stereocenters. The van der Waals surface area contributed by atoms with E-state index in [0.29, 0.717) is 5.41 Å². The van der Waals surface area contributed by atoms with Crippen molar-refractivity contribution in [1.82, 2.24) is 9.80 Å². The first-order valence-corrected chi connectivity index (χ1v) is 9.24. The highest BCUT2D eigenvalue weighted by atomic mass is 15.1. The van der Waals surface area contributed by atoms with Crippen LogP contribution in [-0.2, 0) is 0 Å². The quantitative estimate of drug-likeness (QED) is 0.446. The number of hydrogen-bond acceptors (Lipinski definition) is 2. The van der Waals surface area contributed by atoms with Gasteiger partial charge in [-0.1, -0.05) is 37.1 Å². The van der Waals surface area contributed by atoms with E-state index >= 15 is 0 Å². The normalized spacial score (nSPS) is 13.0. The van der Waals surface area contributed by atoms with Crippen molar-refractivity contribution >= 4 is 0 Å². The predicted molar refractivity (Wildman–Crippen MR) is 106 cm³/mol. The molecule has 0 heterocycles. The van der Waals surface area contributed by atoms with Crippen molar-refractivity contribution in [3.8, 4) is 0 Å². The molecule has 2 heteroatoms. The van der Waals surface area contributed by atoms with Gasteiger partial charge in [-0.05, 0) is 92.5 Å². The van der Waals surface area contributed by atoms with Gasteiger partial charge in [-0.25, -0.2) is 0 Å². The fourth-order valence-electron chi connectivity index (χ4n) is 2.57. The third-order valence-electron chi connectivity index (χ3n) is 4.47. The van der Waals surface area contributed by atoms with Crippen molar-refractivity contribution in [1.29, 1.82) is 0 Å². The number of nitrogens with zero attached hydrogens (tertiary/aromatic N) is 2. The van der Waals surface area contributed by atoms with Crippen LogP contribution in [0.2, 0.25) is 0 Å². The van der Waals surface area contributed by atoms with Gasteiger partial charge in [0.25, 0.3) is 0 Å². The van der Waals surface area contributed by atoms with E-state index in [1.54, 1.807) is 0 Å². The van der Waals surface area contributed by atoms with E-state index < -0.39 is 0 Å². The van der Waals surface area contributed by atoms with Gasteiger partial charge < -0.3 is 9.80 Å². The molecule has 0 aromatic heterocycles. The maximum Gasteiger partial charge on any atom is 0.0162 e. The van der Waals surface area contributed by atoms with Crippen LogP contribution in [0, 0.1) is 5.41 Å². The van der Waals surface area contributed by atoms with E-state index in [2.05, 4.69) is 77.7 Å². The second-order valence-corrected chi connectivity index (χ2v) is 8.45. The Morgan fingerprint density at radius 2 is 1.57 bits per heavy atom. The first kappa shape index (κ1) is 22.4. The van der Waals surface area contributed by atoms with Gasteiger partial charge in [-0.3, -0.25) is 0 Å². The molecule has 0 amide bonds. The van der Waals surface area contributed by atoms with Gasteiger partial charge in [-0.15, -0.1) is 0 Å². The fourth-order valence-corrected chi connectivity index (χ4v) is 2.57. The fraction of sp³-hybridized carbons (Fsp3) is 0.810. The second kappa shape index (κ2) is 11.9. The summed E-state index contributed by atoms with van der Waals surface area (Å²) in [7, 11) is 6.57. The third kappa shape index (κ3) is 14.7. The van der Waals surface area contributed by atoms with E-state index in [4.69, 9.17) is 0 Å². The van der Waals surface area contributed by atoms with E-state index in [0.717, 1.165) is 6.54 Å². The average Bonchev–Trinajstić information content (AvgIpc) is 2.42. The molecule has 0 aliphatic carbocycles. The molecule has 0 saturated carbocycles. The van der Waals surface area contributed by atoms with Crippen LogP contribution in [0.3, 0.4) is 0 Å². The lowest BCUT2D eigenvalue weighted by Crippen LogP contribution is -2.24. The lowest BCUT2D eigenvalue weighted by atomic mass is 9.84. The zero-order valence-corrected chi connectivity index (χ0v) is 17.2. The summed E-state index contributed by atoms with van der Waals surface area (Å²) in [5, 5.41) is 0. The van der Waals surface area contributed by atoms with Gasteiger partial charge >= 0.3 is 0 Å². The molecule has 0 saturated heterocycles. The first-order chi connectivity index (χ1) is 10.6. The Balaban J connectivity index is 3.93. The summed E-state index contributed by atoms with van der Waals surface area (Å²) in [6.07, 6.45) is 11.0. The molecular formula is C21H42N2. The van der Waals surface area contributed by atoms with Crippen LogP contribution in [0.15, 0.2) is 23.3 Å². The summed E-state index contributed by atoms with van der Waals surface area (Å²) in [5.74, 6) is 0. The highest BCUT2D eigenvalue weighted by Gasteiger charge is 2.17. The maximum absolute atomic E-state index is 2.45. The Labute approximate surface area is 146 Å². The Bertz CT molecular complexity index is 360. The predicted octanol–water partition coefficient (Wildman–Crippen LogP) is 5.37. The Hall–Kier alpha value is -0.600. The van der Waals surface area contributed by atoms with Crippen LogP contribution in [0.25, 0.3) is 0 Å². The monoisotopic (exact) mass is 322 g/mol. The van der Waals surface area contributed by atoms with Gasteiger partial charge in [0.2, 0.25) is 0 Å². The smallest absolute Gasteiger partial charge is 0.0162 e.